The SMILES string of the molecule is CNC(=O)c1cc(Cl)ccc1NC(=O)c1ccn(C2CCCNC2)n1. The number of carbonyl (C=O) groups is 2. The molecule has 1 aromatic heterocycles. The molecule has 0 bridgehead atoms. The van der Waals surface area contributed by atoms with Crippen molar-refractivity contribution in [3.05, 3.63) is 46.7 Å². The van der Waals surface area contributed by atoms with Crippen LogP contribution in [0.2, 0.25) is 5.02 Å². The fourth-order valence-corrected chi connectivity index (χ4v) is 3.03. The van der Waals surface area contributed by atoms with Gasteiger partial charge in [0.05, 0.1) is 17.3 Å². The second-order valence-corrected chi connectivity index (χ2v) is 6.34. The fourth-order valence-electron chi connectivity index (χ4n) is 2.86. The summed E-state index contributed by atoms with van der Waals surface area (Å²) in [4.78, 5) is 24.5. The molecular formula is C17H20ClN5O2. The van der Waals surface area contributed by atoms with E-state index in [1.165, 1.54) is 13.1 Å². The first-order valence-electron chi connectivity index (χ1n) is 8.17. The van der Waals surface area contributed by atoms with Crippen LogP contribution in [-0.4, -0.2) is 41.7 Å². The van der Waals surface area contributed by atoms with E-state index in [-0.39, 0.29) is 17.9 Å². The minimum Gasteiger partial charge on any atom is -0.355 e. The lowest BCUT2D eigenvalue weighted by molar-refractivity contribution is 0.0964. The van der Waals surface area contributed by atoms with Gasteiger partial charge in [-0.15, -0.1) is 0 Å². The van der Waals surface area contributed by atoms with Gasteiger partial charge in [-0.2, -0.15) is 5.10 Å². The molecule has 1 atom stereocenters. The lowest BCUT2D eigenvalue weighted by Gasteiger charge is -2.22. The van der Waals surface area contributed by atoms with Crippen LogP contribution >= 0.6 is 11.6 Å². The second kappa shape index (κ2) is 7.67. The number of amides is 2. The summed E-state index contributed by atoms with van der Waals surface area (Å²) in [6.07, 6.45) is 3.94. The van der Waals surface area contributed by atoms with Crippen molar-refractivity contribution in [1.82, 2.24) is 20.4 Å². The van der Waals surface area contributed by atoms with Crippen LogP contribution in [0.1, 0.15) is 39.7 Å². The molecule has 1 saturated heterocycles. The number of anilines is 1. The molecular weight excluding hydrogens is 342 g/mol. The Morgan fingerprint density at radius 3 is 2.88 bits per heavy atom. The number of piperidine rings is 1. The van der Waals surface area contributed by atoms with E-state index in [0.717, 1.165) is 25.9 Å². The molecule has 0 saturated carbocycles. The predicted octanol–water partition coefficient (Wildman–Crippen LogP) is 2.07. The molecule has 1 aromatic carbocycles. The lowest BCUT2D eigenvalue weighted by atomic mass is 10.1. The van der Waals surface area contributed by atoms with Crippen molar-refractivity contribution in [2.75, 3.05) is 25.5 Å². The van der Waals surface area contributed by atoms with Gasteiger partial charge in [-0.05, 0) is 43.7 Å². The summed E-state index contributed by atoms with van der Waals surface area (Å²) in [5, 5.41) is 13.4. The number of rotatable bonds is 4. The molecule has 0 spiro atoms. The number of halogens is 1. The van der Waals surface area contributed by atoms with E-state index >= 15 is 0 Å². The van der Waals surface area contributed by atoms with Crippen LogP contribution in [0.5, 0.6) is 0 Å². The van der Waals surface area contributed by atoms with Gasteiger partial charge in [-0.3, -0.25) is 14.3 Å². The van der Waals surface area contributed by atoms with Crippen molar-refractivity contribution in [3.63, 3.8) is 0 Å². The Balaban J connectivity index is 1.76. The van der Waals surface area contributed by atoms with Crippen LogP contribution in [0.25, 0.3) is 0 Å². The van der Waals surface area contributed by atoms with Crippen LogP contribution in [-0.2, 0) is 0 Å². The van der Waals surface area contributed by atoms with E-state index in [0.29, 0.717) is 22.0 Å². The summed E-state index contributed by atoms with van der Waals surface area (Å²) in [6, 6.07) is 6.68. The number of benzene rings is 1. The maximum atomic E-state index is 12.5. The Hall–Kier alpha value is -2.38. The van der Waals surface area contributed by atoms with E-state index in [1.54, 1.807) is 18.2 Å². The van der Waals surface area contributed by atoms with E-state index in [2.05, 4.69) is 21.0 Å². The van der Waals surface area contributed by atoms with Crippen molar-refractivity contribution < 1.29 is 9.59 Å². The summed E-state index contributed by atoms with van der Waals surface area (Å²) < 4.78 is 1.82. The van der Waals surface area contributed by atoms with E-state index in [9.17, 15) is 9.59 Å². The molecule has 0 radical (unpaired) electrons. The molecule has 3 N–H and O–H groups in total. The quantitative estimate of drug-likeness (QED) is 0.778. The summed E-state index contributed by atoms with van der Waals surface area (Å²) in [5.74, 6) is -0.688. The molecule has 2 aromatic rings. The van der Waals surface area contributed by atoms with E-state index in [1.807, 2.05) is 10.9 Å². The molecule has 3 rings (SSSR count). The lowest BCUT2D eigenvalue weighted by Crippen LogP contribution is -2.32. The van der Waals surface area contributed by atoms with Gasteiger partial charge in [-0.25, -0.2) is 0 Å². The Morgan fingerprint density at radius 2 is 2.16 bits per heavy atom. The zero-order valence-electron chi connectivity index (χ0n) is 13.9. The minimum atomic E-state index is -0.366. The molecule has 2 amide bonds. The first kappa shape index (κ1) is 17.4. The molecule has 1 aliphatic rings. The van der Waals surface area contributed by atoms with Gasteiger partial charge in [-0.1, -0.05) is 11.6 Å². The third kappa shape index (κ3) is 4.00. The number of nitrogens with zero attached hydrogens (tertiary/aromatic N) is 2. The maximum absolute atomic E-state index is 12.5. The Morgan fingerprint density at radius 1 is 1.32 bits per heavy atom. The highest BCUT2D eigenvalue weighted by atomic mass is 35.5. The Kier molecular flexibility index (Phi) is 5.35. The number of aromatic nitrogens is 2. The molecule has 132 valence electrons. The molecule has 0 aliphatic carbocycles. The van der Waals surface area contributed by atoms with Gasteiger partial charge in [0.25, 0.3) is 11.8 Å². The van der Waals surface area contributed by atoms with Gasteiger partial charge in [0.15, 0.2) is 5.69 Å². The number of carbonyl (C=O) groups excluding carboxylic acids is 2. The fraction of sp³-hybridized carbons (Fsp3) is 0.353. The monoisotopic (exact) mass is 361 g/mol. The molecule has 1 aliphatic heterocycles. The zero-order valence-corrected chi connectivity index (χ0v) is 14.6. The molecule has 7 nitrogen and oxygen atoms in total. The van der Waals surface area contributed by atoms with Crippen molar-refractivity contribution in [3.8, 4) is 0 Å². The van der Waals surface area contributed by atoms with Crippen molar-refractivity contribution in [2.24, 2.45) is 0 Å². The van der Waals surface area contributed by atoms with E-state index in [4.69, 9.17) is 11.6 Å². The third-order valence-electron chi connectivity index (χ3n) is 4.19. The Bertz CT molecular complexity index is 783. The highest BCUT2D eigenvalue weighted by Gasteiger charge is 2.19. The van der Waals surface area contributed by atoms with Crippen LogP contribution in [0.15, 0.2) is 30.5 Å². The van der Waals surface area contributed by atoms with Gasteiger partial charge in [0, 0.05) is 24.8 Å². The van der Waals surface area contributed by atoms with Crippen LogP contribution in [0, 0.1) is 0 Å². The molecule has 8 heteroatoms. The van der Waals surface area contributed by atoms with Gasteiger partial charge in [0.1, 0.15) is 0 Å². The van der Waals surface area contributed by atoms with Crippen LogP contribution < -0.4 is 16.0 Å². The summed E-state index contributed by atoms with van der Waals surface area (Å²) in [7, 11) is 1.52. The zero-order chi connectivity index (χ0) is 17.8. The first-order valence-corrected chi connectivity index (χ1v) is 8.55. The summed E-state index contributed by atoms with van der Waals surface area (Å²) >= 11 is 5.95. The minimum absolute atomic E-state index is 0.257. The molecule has 2 heterocycles. The van der Waals surface area contributed by atoms with Crippen molar-refractivity contribution in [1.29, 1.82) is 0 Å². The summed E-state index contributed by atoms with van der Waals surface area (Å²) in [5.41, 5.74) is 1.00. The van der Waals surface area contributed by atoms with Crippen LogP contribution in [0.4, 0.5) is 5.69 Å². The van der Waals surface area contributed by atoms with Gasteiger partial charge >= 0.3 is 0 Å². The predicted molar refractivity (Wildman–Crippen MR) is 96.2 cm³/mol. The smallest absolute Gasteiger partial charge is 0.276 e. The number of hydrogen-bond acceptors (Lipinski definition) is 4. The van der Waals surface area contributed by atoms with Crippen LogP contribution in [0.3, 0.4) is 0 Å². The summed E-state index contributed by atoms with van der Waals surface area (Å²) in [6.45, 7) is 1.87. The number of hydrogen-bond donors (Lipinski definition) is 3. The van der Waals surface area contributed by atoms with Crippen molar-refractivity contribution in [2.45, 2.75) is 18.9 Å². The highest BCUT2D eigenvalue weighted by Crippen LogP contribution is 2.22. The largest absolute Gasteiger partial charge is 0.355 e. The first-order chi connectivity index (χ1) is 12.1. The number of nitrogens with one attached hydrogen (secondary N) is 3. The third-order valence-corrected chi connectivity index (χ3v) is 4.42. The maximum Gasteiger partial charge on any atom is 0.276 e. The topological polar surface area (TPSA) is 88.0 Å². The van der Waals surface area contributed by atoms with Crippen molar-refractivity contribution >= 4 is 29.1 Å². The standard InChI is InChI=1S/C17H20ClN5O2/c1-19-16(24)13-9-11(18)4-5-14(13)21-17(25)15-6-8-23(22-15)12-3-2-7-20-10-12/h4-6,8-9,12,20H,2-3,7,10H2,1H3,(H,19,24)(H,21,25). The highest BCUT2D eigenvalue weighted by molar-refractivity contribution is 6.31. The molecule has 25 heavy (non-hydrogen) atoms. The average Bonchev–Trinajstić information content (AvgIpc) is 3.13. The average molecular weight is 362 g/mol. The second-order valence-electron chi connectivity index (χ2n) is 5.90. The molecule has 1 fully saturated rings. The molecule has 1 unspecified atom stereocenters. The van der Waals surface area contributed by atoms with E-state index < -0.39 is 0 Å². The normalized spacial score (nSPS) is 17.1. The Labute approximate surface area is 150 Å². The van der Waals surface area contributed by atoms with Gasteiger partial charge in [0.2, 0.25) is 0 Å². The van der Waals surface area contributed by atoms with Gasteiger partial charge < -0.3 is 16.0 Å².